The van der Waals surface area contributed by atoms with Crippen molar-refractivity contribution in [3.05, 3.63) is 0 Å². The molecular formula is C19H35N3O6. The summed E-state index contributed by atoms with van der Waals surface area (Å²) < 4.78 is 5.39. The Morgan fingerprint density at radius 3 is 2.29 bits per heavy atom. The fourth-order valence-corrected chi connectivity index (χ4v) is 3.18. The first-order chi connectivity index (χ1) is 12.9. The monoisotopic (exact) mass is 401 g/mol. The number of piperazine rings is 1. The zero-order chi connectivity index (χ0) is 21.6. The molecule has 1 rings (SSSR count). The van der Waals surface area contributed by atoms with Crippen LogP contribution in [0.1, 0.15) is 41.0 Å². The van der Waals surface area contributed by atoms with Crippen LogP contribution in [0.4, 0.5) is 4.79 Å². The number of rotatable bonds is 7. The fraction of sp³-hybridized carbons (Fsp3) is 0.842. The molecule has 0 saturated carbocycles. The van der Waals surface area contributed by atoms with Gasteiger partial charge in [-0.05, 0) is 33.1 Å². The van der Waals surface area contributed by atoms with E-state index in [4.69, 9.17) is 9.84 Å². The average Bonchev–Trinajstić information content (AvgIpc) is 2.57. The zero-order valence-corrected chi connectivity index (χ0v) is 17.8. The largest absolute Gasteiger partial charge is 0.480 e. The predicted octanol–water partition coefficient (Wildman–Crippen LogP) is 0.858. The molecule has 0 aromatic carbocycles. The van der Waals surface area contributed by atoms with E-state index in [2.05, 4.69) is 0 Å². The van der Waals surface area contributed by atoms with Gasteiger partial charge in [0.05, 0.1) is 6.61 Å². The maximum absolute atomic E-state index is 13.3. The molecule has 9 nitrogen and oxygen atoms in total. The number of carboxylic acid groups (broad SMARTS) is 1. The lowest BCUT2D eigenvalue weighted by Crippen LogP contribution is -2.62. The maximum Gasteiger partial charge on any atom is 0.410 e. The molecule has 0 aliphatic carbocycles. The predicted molar refractivity (Wildman–Crippen MR) is 104 cm³/mol. The summed E-state index contributed by atoms with van der Waals surface area (Å²) in [6, 6.07) is -1.82. The Morgan fingerprint density at radius 2 is 1.82 bits per heavy atom. The Bertz CT molecular complexity index is 560. The van der Waals surface area contributed by atoms with Gasteiger partial charge in [0.25, 0.3) is 0 Å². The number of carbonyl (C=O) groups is 3. The quantitative estimate of drug-likeness (QED) is 0.651. The van der Waals surface area contributed by atoms with Crippen LogP contribution < -0.4 is 0 Å². The number of amides is 2. The summed E-state index contributed by atoms with van der Waals surface area (Å²) in [7, 11) is 1.51. The number of carbonyl (C=O) groups excluding carboxylic acids is 2. The lowest BCUT2D eigenvalue weighted by atomic mass is 10.00. The highest BCUT2D eigenvalue weighted by Gasteiger charge is 2.40. The molecule has 0 aromatic heterocycles. The molecule has 162 valence electrons. The minimum Gasteiger partial charge on any atom is -0.480 e. The van der Waals surface area contributed by atoms with Gasteiger partial charge in [-0.15, -0.1) is 0 Å². The normalized spacial score (nSPS) is 19.4. The molecular weight excluding hydrogens is 366 g/mol. The summed E-state index contributed by atoms with van der Waals surface area (Å²) in [5.41, 5.74) is -0.698. The lowest BCUT2D eigenvalue weighted by Gasteiger charge is -2.42. The summed E-state index contributed by atoms with van der Waals surface area (Å²) in [5.74, 6) is -1.37. The van der Waals surface area contributed by atoms with Gasteiger partial charge in [-0.3, -0.25) is 14.6 Å². The maximum atomic E-state index is 13.3. The molecule has 2 amide bonds. The molecule has 2 N–H and O–H groups in total. The molecule has 9 heteroatoms. The number of hydrogen-bond donors (Lipinski definition) is 2. The van der Waals surface area contributed by atoms with E-state index < -0.39 is 35.7 Å². The van der Waals surface area contributed by atoms with Crippen LogP contribution in [0.2, 0.25) is 0 Å². The van der Waals surface area contributed by atoms with Gasteiger partial charge in [-0.25, -0.2) is 9.59 Å². The SMILES string of the molecule is CC(C)CC(C(=O)N1CCN(CCO)C[C@@H]1C(=O)O)N(C)C(=O)OC(C)(C)C. The van der Waals surface area contributed by atoms with Crippen LogP contribution in [0, 0.1) is 5.92 Å². The summed E-state index contributed by atoms with van der Waals surface area (Å²) in [6.07, 6.45) is -0.213. The van der Waals surface area contributed by atoms with Gasteiger partial charge in [0.1, 0.15) is 17.7 Å². The van der Waals surface area contributed by atoms with Crippen molar-refractivity contribution in [3.63, 3.8) is 0 Å². The fourth-order valence-electron chi connectivity index (χ4n) is 3.18. The third-order valence-electron chi connectivity index (χ3n) is 4.58. The Morgan fingerprint density at radius 1 is 1.21 bits per heavy atom. The lowest BCUT2D eigenvalue weighted by molar-refractivity contribution is -0.156. The van der Waals surface area contributed by atoms with Crippen LogP contribution in [0.3, 0.4) is 0 Å². The van der Waals surface area contributed by atoms with Crippen molar-refractivity contribution in [2.75, 3.05) is 39.8 Å². The second kappa shape index (κ2) is 10.1. The molecule has 0 spiro atoms. The molecule has 1 aliphatic rings. The Hall–Kier alpha value is -1.87. The second-order valence-corrected chi connectivity index (χ2v) is 8.65. The molecule has 0 radical (unpaired) electrons. The molecule has 0 aromatic rings. The Kier molecular flexibility index (Phi) is 8.69. The van der Waals surface area contributed by atoms with Crippen LogP contribution >= 0.6 is 0 Å². The molecule has 2 atom stereocenters. The van der Waals surface area contributed by atoms with Crippen molar-refractivity contribution in [2.45, 2.75) is 58.7 Å². The van der Waals surface area contributed by atoms with E-state index in [0.29, 0.717) is 19.5 Å². The minimum atomic E-state index is -1.10. The van der Waals surface area contributed by atoms with E-state index >= 15 is 0 Å². The van der Waals surface area contributed by atoms with E-state index in [-0.39, 0.29) is 25.6 Å². The number of ether oxygens (including phenoxy) is 1. The smallest absolute Gasteiger partial charge is 0.410 e. The third kappa shape index (κ3) is 6.94. The summed E-state index contributed by atoms with van der Waals surface area (Å²) >= 11 is 0. The van der Waals surface area contributed by atoms with Crippen LogP contribution in [-0.4, -0.2) is 100 Å². The van der Waals surface area contributed by atoms with Crippen LogP contribution in [-0.2, 0) is 14.3 Å². The first-order valence-corrected chi connectivity index (χ1v) is 9.69. The van der Waals surface area contributed by atoms with Crippen LogP contribution in [0.15, 0.2) is 0 Å². The number of hydrogen-bond acceptors (Lipinski definition) is 6. The highest BCUT2D eigenvalue weighted by molar-refractivity contribution is 5.89. The number of aliphatic carboxylic acids is 1. The van der Waals surface area contributed by atoms with Gasteiger partial charge in [-0.2, -0.15) is 0 Å². The number of aliphatic hydroxyl groups is 1. The van der Waals surface area contributed by atoms with Gasteiger partial charge in [0, 0.05) is 33.2 Å². The van der Waals surface area contributed by atoms with Crippen LogP contribution in [0.25, 0.3) is 0 Å². The number of nitrogens with zero attached hydrogens (tertiary/aromatic N) is 3. The Balaban J connectivity index is 3.04. The zero-order valence-electron chi connectivity index (χ0n) is 17.8. The Labute approximate surface area is 167 Å². The van der Waals surface area contributed by atoms with Gasteiger partial charge < -0.3 is 19.8 Å². The van der Waals surface area contributed by atoms with Gasteiger partial charge in [0.15, 0.2) is 0 Å². The molecule has 1 heterocycles. The van der Waals surface area contributed by atoms with E-state index in [1.807, 2.05) is 18.7 Å². The second-order valence-electron chi connectivity index (χ2n) is 8.65. The van der Waals surface area contributed by atoms with E-state index in [0.717, 1.165) is 0 Å². The van der Waals surface area contributed by atoms with Gasteiger partial charge in [-0.1, -0.05) is 13.8 Å². The number of β-amino-alcohol motifs (C(OH)–C–C–N with tert-alkyl or cyclic N) is 1. The van der Waals surface area contributed by atoms with Crippen molar-refractivity contribution in [2.24, 2.45) is 5.92 Å². The van der Waals surface area contributed by atoms with Gasteiger partial charge >= 0.3 is 12.1 Å². The first-order valence-electron chi connectivity index (χ1n) is 9.69. The minimum absolute atomic E-state index is 0.0718. The topological polar surface area (TPSA) is 111 Å². The van der Waals surface area contributed by atoms with E-state index in [1.165, 1.54) is 16.8 Å². The van der Waals surface area contributed by atoms with E-state index in [9.17, 15) is 19.5 Å². The summed E-state index contributed by atoms with van der Waals surface area (Å²) in [5, 5.41) is 18.7. The van der Waals surface area contributed by atoms with Crippen molar-refractivity contribution in [1.29, 1.82) is 0 Å². The molecule has 28 heavy (non-hydrogen) atoms. The summed E-state index contributed by atoms with van der Waals surface area (Å²) in [6.45, 7) is 10.3. The average molecular weight is 402 g/mol. The highest BCUT2D eigenvalue weighted by Crippen LogP contribution is 2.20. The van der Waals surface area contributed by atoms with Crippen LogP contribution in [0.5, 0.6) is 0 Å². The number of aliphatic hydroxyl groups excluding tert-OH is 1. The van der Waals surface area contributed by atoms with Crippen molar-refractivity contribution >= 4 is 18.0 Å². The molecule has 1 aliphatic heterocycles. The molecule has 1 unspecified atom stereocenters. The molecule has 1 saturated heterocycles. The van der Waals surface area contributed by atoms with Gasteiger partial charge in [0.2, 0.25) is 5.91 Å². The number of likely N-dealkylation sites (N-methyl/N-ethyl adjacent to an activating group) is 1. The van der Waals surface area contributed by atoms with Crippen molar-refractivity contribution in [1.82, 2.24) is 14.7 Å². The third-order valence-corrected chi connectivity index (χ3v) is 4.58. The van der Waals surface area contributed by atoms with Crippen molar-refractivity contribution < 1.29 is 29.3 Å². The van der Waals surface area contributed by atoms with E-state index in [1.54, 1.807) is 20.8 Å². The standard InChI is InChI=1S/C19H35N3O6/c1-13(2)11-14(20(6)18(27)28-19(3,4)5)16(24)22-8-7-21(9-10-23)12-15(22)17(25)26/h13-15,23H,7-12H2,1-6H3,(H,25,26)/t14?,15-/m1/s1. The first kappa shape index (κ1) is 24.2. The molecule has 1 fully saturated rings. The van der Waals surface area contributed by atoms with Crippen molar-refractivity contribution in [3.8, 4) is 0 Å². The highest BCUT2D eigenvalue weighted by atomic mass is 16.6. The molecule has 0 bridgehead atoms. The number of carboxylic acids is 1. The summed E-state index contributed by atoms with van der Waals surface area (Å²) in [4.78, 5) is 42.0.